The SMILES string of the molecule is COc1ncccc1C(=O)N1CCC2(CC1)CC(Cc1ccc(F)cc1)N(CC(C)C)C2=O. The van der Waals surface area contributed by atoms with E-state index in [1.807, 2.05) is 4.90 Å². The first-order valence-corrected chi connectivity index (χ1v) is 11.7. The third kappa shape index (κ3) is 4.72. The van der Waals surface area contributed by atoms with Crippen molar-refractivity contribution in [3.8, 4) is 5.88 Å². The van der Waals surface area contributed by atoms with Gasteiger partial charge in [0.05, 0.1) is 12.5 Å². The average molecular weight is 454 g/mol. The monoisotopic (exact) mass is 453 g/mol. The molecule has 0 bridgehead atoms. The summed E-state index contributed by atoms with van der Waals surface area (Å²) in [6.45, 7) is 6.01. The quantitative estimate of drug-likeness (QED) is 0.665. The van der Waals surface area contributed by atoms with E-state index in [2.05, 4.69) is 18.8 Å². The fourth-order valence-electron chi connectivity index (χ4n) is 5.26. The second kappa shape index (κ2) is 9.49. The second-order valence-corrected chi connectivity index (χ2v) is 9.67. The lowest BCUT2D eigenvalue weighted by molar-refractivity contribution is -0.139. The van der Waals surface area contributed by atoms with Gasteiger partial charge in [-0.25, -0.2) is 9.37 Å². The highest BCUT2D eigenvalue weighted by Crippen LogP contribution is 2.45. The van der Waals surface area contributed by atoms with Gasteiger partial charge in [0.1, 0.15) is 11.4 Å². The van der Waals surface area contributed by atoms with Gasteiger partial charge >= 0.3 is 0 Å². The van der Waals surface area contributed by atoms with Gasteiger partial charge in [0, 0.05) is 31.9 Å². The van der Waals surface area contributed by atoms with Crippen LogP contribution in [0.15, 0.2) is 42.6 Å². The van der Waals surface area contributed by atoms with E-state index in [0.29, 0.717) is 49.8 Å². The molecule has 0 saturated carbocycles. The molecule has 0 N–H and O–H groups in total. The molecule has 2 amide bonds. The molecule has 2 aromatic rings. The van der Waals surface area contributed by atoms with Crippen molar-refractivity contribution in [3.63, 3.8) is 0 Å². The number of carbonyl (C=O) groups excluding carboxylic acids is 2. The van der Waals surface area contributed by atoms with Gasteiger partial charge in [0.25, 0.3) is 5.91 Å². The van der Waals surface area contributed by atoms with E-state index in [-0.39, 0.29) is 23.7 Å². The number of aromatic nitrogens is 1. The number of carbonyl (C=O) groups is 2. The van der Waals surface area contributed by atoms with Crippen LogP contribution in [-0.4, -0.2) is 59.4 Å². The zero-order chi connectivity index (χ0) is 23.6. The first-order chi connectivity index (χ1) is 15.8. The predicted molar refractivity (Wildman–Crippen MR) is 123 cm³/mol. The van der Waals surface area contributed by atoms with Crippen molar-refractivity contribution in [2.24, 2.45) is 11.3 Å². The van der Waals surface area contributed by atoms with Crippen LogP contribution in [0.2, 0.25) is 0 Å². The Labute approximate surface area is 194 Å². The molecule has 1 unspecified atom stereocenters. The van der Waals surface area contributed by atoms with Crippen molar-refractivity contribution < 1.29 is 18.7 Å². The molecular formula is C26H32FN3O3. The molecule has 2 fully saturated rings. The van der Waals surface area contributed by atoms with Gasteiger partial charge in [-0.3, -0.25) is 9.59 Å². The van der Waals surface area contributed by atoms with Crippen LogP contribution in [0.25, 0.3) is 0 Å². The maximum Gasteiger partial charge on any atom is 0.259 e. The molecule has 33 heavy (non-hydrogen) atoms. The van der Waals surface area contributed by atoms with E-state index in [9.17, 15) is 14.0 Å². The van der Waals surface area contributed by atoms with Crippen LogP contribution in [0, 0.1) is 17.2 Å². The van der Waals surface area contributed by atoms with Crippen molar-refractivity contribution in [2.45, 2.75) is 45.6 Å². The highest BCUT2D eigenvalue weighted by molar-refractivity contribution is 5.96. The maximum atomic E-state index is 13.7. The summed E-state index contributed by atoms with van der Waals surface area (Å²) in [5, 5.41) is 0. The van der Waals surface area contributed by atoms with Crippen molar-refractivity contribution >= 4 is 11.8 Å². The summed E-state index contributed by atoms with van der Waals surface area (Å²) in [4.78, 5) is 34.7. The number of hydrogen-bond donors (Lipinski definition) is 0. The van der Waals surface area contributed by atoms with Gasteiger partial charge in [-0.2, -0.15) is 0 Å². The van der Waals surface area contributed by atoms with Crippen LogP contribution in [0.5, 0.6) is 5.88 Å². The van der Waals surface area contributed by atoms with Crippen molar-refractivity contribution in [2.75, 3.05) is 26.7 Å². The van der Waals surface area contributed by atoms with Gasteiger partial charge in [0.15, 0.2) is 0 Å². The molecule has 0 radical (unpaired) electrons. The normalized spacial score (nSPS) is 20.0. The summed E-state index contributed by atoms with van der Waals surface area (Å²) < 4.78 is 18.6. The first kappa shape index (κ1) is 23.2. The fourth-order valence-corrected chi connectivity index (χ4v) is 5.26. The minimum atomic E-state index is -0.435. The van der Waals surface area contributed by atoms with Gasteiger partial charge in [0.2, 0.25) is 11.8 Å². The lowest BCUT2D eigenvalue weighted by Gasteiger charge is -2.38. The van der Waals surface area contributed by atoms with Gasteiger partial charge in [-0.15, -0.1) is 0 Å². The van der Waals surface area contributed by atoms with Crippen LogP contribution in [0.4, 0.5) is 4.39 Å². The predicted octanol–water partition coefficient (Wildman–Crippen LogP) is 3.95. The molecule has 2 aliphatic heterocycles. The Hall–Kier alpha value is -2.96. The van der Waals surface area contributed by atoms with Crippen molar-refractivity contribution in [1.82, 2.24) is 14.8 Å². The molecule has 6 nitrogen and oxygen atoms in total. The summed E-state index contributed by atoms with van der Waals surface area (Å²) in [5.74, 6) is 0.525. The molecule has 1 atom stereocenters. The smallest absolute Gasteiger partial charge is 0.259 e. The Bertz CT molecular complexity index is 1000. The summed E-state index contributed by atoms with van der Waals surface area (Å²) in [6.07, 6.45) is 4.39. The van der Waals surface area contributed by atoms with Crippen molar-refractivity contribution in [3.05, 3.63) is 59.5 Å². The lowest BCUT2D eigenvalue weighted by Crippen LogP contribution is -2.47. The molecular weight excluding hydrogens is 421 g/mol. The van der Waals surface area contributed by atoms with E-state index in [0.717, 1.165) is 18.4 Å². The highest BCUT2D eigenvalue weighted by atomic mass is 19.1. The number of piperidine rings is 1. The average Bonchev–Trinajstić information content (AvgIpc) is 3.05. The Kier molecular flexibility index (Phi) is 6.68. The zero-order valence-corrected chi connectivity index (χ0v) is 19.6. The van der Waals surface area contributed by atoms with E-state index in [1.54, 1.807) is 35.4 Å². The first-order valence-electron chi connectivity index (χ1n) is 11.7. The molecule has 1 aromatic heterocycles. The number of amides is 2. The number of hydrogen-bond acceptors (Lipinski definition) is 4. The lowest BCUT2D eigenvalue weighted by atomic mass is 9.75. The summed E-state index contributed by atoms with van der Waals surface area (Å²) in [7, 11) is 1.51. The minimum Gasteiger partial charge on any atom is -0.480 e. The topological polar surface area (TPSA) is 62.7 Å². The van der Waals surface area contributed by atoms with Crippen LogP contribution in [0.1, 0.15) is 49.0 Å². The number of nitrogens with zero attached hydrogens (tertiary/aromatic N) is 3. The molecule has 176 valence electrons. The standard InChI is InChI=1S/C26H32FN3O3/c1-18(2)17-30-21(15-19-6-8-20(27)9-7-19)16-26(25(30)32)10-13-29(14-11-26)24(31)22-5-4-12-28-23(22)33-3/h4-9,12,18,21H,10-11,13-17H2,1-3H3. The van der Waals surface area contributed by atoms with E-state index in [4.69, 9.17) is 4.74 Å². The maximum absolute atomic E-state index is 13.7. The molecule has 1 aromatic carbocycles. The number of pyridine rings is 1. The fraction of sp³-hybridized carbons (Fsp3) is 0.500. The second-order valence-electron chi connectivity index (χ2n) is 9.67. The third-order valence-corrected chi connectivity index (χ3v) is 6.93. The molecule has 7 heteroatoms. The zero-order valence-electron chi connectivity index (χ0n) is 19.6. The van der Waals surface area contributed by atoms with E-state index >= 15 is 0 Å². The number of methoxy groups -OCH3 is 1. The number of benzene rings is 1. The molecule has 2 aliphatic rings. The minimum absolute atomic E-state index is 0.0889. The number of likely N-dealkylation sites (tertiary alicyclic amines) is 2. The summed E-state index contributed by atoms with van der Waals surface area (Å²) in [5.41, 5.74) is 1.05. The summed E-state index contributed by atoms with van der Waals surface area (Å²) in [6, 6.07) is 10.1. The van der Waals surface area contributed by atoms with Crippen LogP contribution in [0.3, 0.4) is 0 Å². The Balaban J connectivity index is 1.49. The largest absolute Gasteiger partial charge is 0.480 e. The van der Waals surface area contributed by atoms with Crippen LogP contribution >= 0.6 is 0 Å². The molecule has 3 heterocycles. The van der Waals surface area contributed by atoms with Gasteiger partial charge < -0.3 is 14.5 Å². The van der Waals surface area contributed by atoms with Gasteiger partial charge in [-0.1, -0.05) is 26.0 Å². The Morgan fingerprint density at radius 3 is 2.55 bits per heavy atom. The molecule has 4 rings (SSSR count). The van der Waals surface area contributed by atoms with Crippen LogP contribution in [-0.2, 0) is 11.2 Å². The Morgan fingerprint density at radius 1 is 1.21 bits per heavy atom. The van der Waals surface area contributed by atoms with E-state index in [1.165, 1.54) is 19.2 Å². The summed E-state index contributed by atoms with van der Waals surface area (Å²) >= 11 is 0. The van der Waals surface area contributed by atoms with Gasteiger partial charge in [-0.05, 0) is 61.4 Å². The Morgan fingerprint density at radius 2 is 1.91 bits per heavy atom. The number of rotatable bonds is 6. The van der Waals surface area contributed by atoms with Crippen LogP contribution < -0.4 is 4.74 Å². The molecule has 0 aliphatic carbocycles. The van der Waals surface area contributed by atoms with E-state index < -0.39 is 5.41 Å². The highest BCUT2D eigenvalue weighted by Gasteiger charge is 2.52. The number of halogens is 1. The third-order valence-electron chi connectivity index (χ3n) is 6.93. The number of ether oxygens (including phenoxy) is 1. The van der Waals surface area contributed by atoms with Crippen molar-refractivity contribution in [1.29, 1.82) is 0 Å². The molecule has 1 spiro atoms. The molecule has 2 saturated heterocycles.